The van der Waals surface area contributed by atoms with Crippen molar-refractivity contribution in [3.63, 3.8) is 0 Å². The Hall–Kier alpha value is -2.47. The number of amides is 1. The molecule has 3 rings (SSSR count). The molecule has 1 aromatic heterocycles. The molecule has 1 aromatic carbocycles. The highest BCUT2D eigenvalue weighted by molar-refractivity contribution is 7.14. The first-order valence-electron chi connectivity index (χ1n) is 6.85. The maximum atomic E-state index is 12.1. The number of nitrogens with zero attached hydrogens (tertiary/aromatic N) is 2. The van der Waals surface area contributed by atoms with Crippen LogP contribution in [0, 0.1) is 6.92 Å². The Morgan fingerprint density at radius 2 is 2.09 bits per heavy atom. The summed E-state index contributed by atoms with van der Waals surface area (Å²) in [4.78, 5) is 25.4. The fourth-order valence-electron chi connectivity index (χ4n) is 2.29. The van der Waals surface area contributed by atoms with Crippen molar-refractivity contribution in [3.05, 3.63) is 51.7 Å². The number of hydrogen-bond donors (Lipinski definition) is 1. The monoisotopic (exact) mass is 314 g/mol. The Morgan fingerprint density at radius 3 is 2.77 bits per heavy atom. The van der Waals surface area contributed by atoms with Crippen LogP contribution in [0.5, 0.6) is 0 Å². The highest BCUT2D eigenvalue weighted by Crippen LogP contribution is 2.26. The number of anilines is 1. The number of carboxylic acids is 1. The van der Waals surface area contributed by atoms with Crippen LogP contribution in [0.2, 0.25) is 0 Å². The number of hydrazone groups is 1. The number of carboxylic acid groups (broad SMARTS) is 1. The van der Waals surface area contributed by atoms with E-state index in [0.717, 1.165) is 10.6 Å². The zero-order valence-electron chi connectivity index (χ0n) is 11.9. The third-order valence-corrected chi connectivity index (χ3v) is 4.44. The summed E-state index contributed by atoms with van der Waals surface area (Å²) in [7, 11) is 0. The van der Waals surface area contributed by atoms with E-state index in [-0.39, 0.29) is 11.5 Å². The fourth-order valence-corrected chi connectivity index (χ4v) is 3.17. The molecule has 2 aromatic rings. The van der Waals surface area contributed by atoms with E-state index in [0.29, 0.717) is 18.5 Å². The lowest BCUT2D eigenvalue weighted by Crippen LogP contribution is -2.31. The molecular weight excluding hydrogens is 300 g/mol. The smallest absolute Gasteiger partial charge is 0.335 e. The van der Waals surface area contributed by atoms with Gasteiger partial charge in [-0.1, -0.05) is 6.07 Å². The molecule has 22 heavy (non-hydrogen) atoms. The van der Waals surface area contributed by atoms with Crippen LogP contribution in [-0.2, 0) is 4.79 Å². The van der Waals surface area contributed by atoms with Gasteiger partial charge in [-0.2, -0.15) is 5.10 Å². The van der Waals surface area contributed by atoms with Crippen molar-refractivity contribution in [2.75, 3.05) is 5.01 Å². The van der Waals surface area contributed by atoms with Crippen LogP contribution < -0.4 is 5.01 Å². The van der Waals surface area contributed by atoms with Crippen molar-refractivity contribution >= 4 is 34.6 Å². The summed E-state index contributed by atoms with van der Waals surface area (Å²) in [5, 5.41) is 14.8. The lowest BCUT2D eigenvalue weighted by molar-refractivity contribution is -0.118. The summed E-state index contributed by atoms with van der Waals surface area (Å²) in [6, 6.07) is 10.3. The van der Waals surface area contributed by atoms with Crippen molar-refractivity contribution < 1.29 is 14.7 Å². The first kappa shape index (κ1) is 14.5. The third-order valence-electron chi connectivity index (χ3n) is 3.40. The minimum Gasteiger partial charge on any atom is -0.478 e. The molecule has 0 spiro atoms. The Bertz CT molecular complexity index is 779. The van der Waals surface area contributed by atoms with Crippen LogP contribution in [0.1, 0.15) is 33.0 Å². The van der Waals surface area contributed by atoms with Crippen molar-refractivity contribution in [1.82, 2.24) is 0 Å². The van der Waals surface area contributed by atoms with Gasteiger partial charge >= 0.3 is 5.97 Å². The lowest BCUT2D eigenvalue weighted by atomic mass is 10.1. The van der Waals surface area contributed by atoms with Gasteiger partial charge in [-0.3, -0.25) is 4.79 Å². The van der Waals surface area contributed by atoms with Crippen molar-refractivity contribution in [2.24, 2.45) is 5.10 Å². The van der Waals surface area contributed by atoms with E-state index in [2.05, 4.69) is 5.10 Å². The molecule has 1 amide bonds. The second kappa shape index (κ2) is 5.73. The minimum atomic E-state index is -1.02. The molecule has 0 bridgehead atoms. The first-order chi connectivity index (χ1) is 10.5. The molecule has 0 unspecified atom stereocenters. The molecule has 1 aliphatic heterocycles. The Morgan fingerprint density at radius 1 is 1.27 bits per heavy atom. The molecule has 0 radical (unpaired) electrons. The molecule has 6 heteroatoms. The zero-order valence-corrected chi connectivity index (χ0v) is 12.8. The van der Waals surface area contributed by atoms with E-state index in [1.165, 1.54) is 22.0 Å². The van der Waals surface area contributed by atoms with Crippen LogP contribution in [-0.4, -0.2) is 22.7 Å². The average Bonchev–Trinajstić information content (AvgIpc) is 2.94. The molecule has 1 aliphatic rings. The number of hydrogen-bond acceptors (Lipinski definition) is 4. The number of aryl methyl sites for hydroxylation is 1. The quantitative estimate of drug-likeness (QED) is 0.945. The van der Waals surface area contributed by atoms with Gasteiger partial charge in [-0.25, -0.2) is 9.80 Å². The Balaban J connectivity index is 1.99. The van der Waals surface area contributed by atoms with Gasteiger partial charge in [0.25, 0.3) is 0 Å². The lowest BCUT2D eigenvalue weighted by Gasteiger charge is -2.23. The maximum absolute atomic E-state index is 12.1. The van der Waals surface area contributed by atoms with Gasteiger partial charge in [0, 0.05) is 17.7 Å². The predicted octanol–water partition coefficient (Wildman–Crippen LogP) is 3.29. The molecular formula is C16H14N2O3S. The van der Waals surface area contributed by atoms with Gasteiger partial charge in [0.05, 0.1) is 21.8 Å². The summed E-state index contributed by atoms with van der Waals surface area (Å²) >= 11 is 1.64. The highest BCUT2D eigenvalue weighted by Gasteiger charge is 2.24. The van der Waals surface area contributed by atoms with E-state index in [1.54, 1.807) is 23.5 Å². The van der Waals surface area contributed by atoms with Crippen LogP contribution in [0.15, 0.2) is 41.5 Å². The third kappa shape index (κ3) is 2.78. The Kier molecular flexibility index (Phi) is 3.77. The standard InChI is InChI=1S/C16H14N2O3S/c1-10-5-7-14(22-10)13-6-8-15(19)18(17-13)12-4-2-3-11(9-12)16(20)21/h2-5,7,9H,6,8H2,1H3,(H,20,21). The van der Waals surface area contributed by atoms with Crippen molar-refractivity contribution in [2.45, 2.75) is 19.8 Å². The number of rotatable bonds is 3. The largest absolute Gasteiger partial charge is 0.478 e. The predicted molar refractivity (Wildman–Crippen MR) is 85.7 cm³/mol. The van der Waals surface area contributed by atoms with E-state index in [9.17, 15) is 9.59 Å². The molecule has 0 aliphatic carbocycles. The van der Waals surface area contributed by atoms with E-state index < -0.39 is 5.97 Å². The molecule has 112 valence electrons. The molecule has 0 saturated carbocycles. The van der Waals surface area contributed by atoms with Gasteiger partial charge < -0.3 is 5.11 Å². The minimum absolute atomic E-state index is 0.125. The van der Waals surface area contributed by atoms with Crippen LogP contribution in [0.25, 0.3) is 0 Å². The normalized spacial score (nSPS) is 14.9. The average molecular weight is 314 g/mol. The number of aromatic carboxylic acids is 1. The van der Waals surface area contributed by atoms with Crippen molar-refractivity contribution in [1.29, 1.82) is 0 Å². The second-order valence-electron chi connectivity index (χ2n) is 5.02. The van der Waals surface area contributed by atoms with Gasteiger partial charge in [0.1, 0.15) is 0 Å². The fraction of sp³-hybridized carbons (Fsp3) is 0.188. The highest BCUT2D eigenvalue weighted by atomic mass is 32.1. The summed E-state index contributed by atoms with van der Waals surface area (Å²) < 4.78 is 0. The van der Waals surface area contributed by atoms with Gasteiger partial charge in [0.2, 0.25) is 5.91 Å². The summed E-state index contributed by atoms with van der Waals surface area (Å²) in [6.45, 7) is 2.02. The first-order valence-corrected chi connectivity index (χ1v) is 7.67. The molecule has 0 fully saturated rings. The summed E-state index contributed by atoms with van der Waals surface area (Å²) in [5.41, 5.74) is 1.48. The van der Waals surface area contributed by atoms with Crippen LogP contribution in [0.3, 0.4) is 0 Å². The maximum Gasteiger partial charge on any atom is 0.335 e. The van der Waals surface area contributed by atoms with Crippen molar-refractivity contribution in [3.8, 4) is 0 Å². The molecule has 0 saturated heterocycles. The topological polar surface area (TPSA) is 70.0 Å². The number of carbonyl (C=O) groups is 2. The molecule has 5 nitrogen and oxygen atoms in total. The van der Waals surface area contributed by atoms with E-state index in [1.807, 2.05) is 19.1 Å². The number of thiophene rings is 1. The summed E-state index contributed by atoms with van der Waals surface area (Å²) in [5.74, 6) is -1.15. The number of carbonyl (C=O) groups excluding carboxylic acids is 1. The molecule has 2 heterocycles. The van der Waals surface area contributed by atoms with E-state index >= 15 is 0 Å². The van der Waals surface area contributed by atoms with Crippen LogP contribution in [0.4, 0.5) is 5.69 Å². The van der Waals surface area contributed by atoms with Crippen LogP contribution >= 0.6 is 11.3 Å². The summed E-state index contributed by atoms with van der Waals surface area (Å²) in [6.07, 6.45) is 0.973. The van der Waals surface area contributed by atoms with Gasteiger partial charge in [-0.15, -0.1) is 11.3 Å². The van der Waals surface area contributed by atoms with Gasteiger partial charge in [-0.05, 0) is 37.3 Å². The second-order valence-corrected chi connectivity index (χ2v) is 6.31. The number of benzene rings is 1. The Labute approximate surface area is 131 Å². The SMILES string of the molecule is Cc1ccc(C2=NN(c3cccc(C(=O)O)c3)C(=O)CC2)s1. The molecule has 1 N–H and O–H groups in total. The van der Waals surface area contributed by atoms with Gasteiger partial charge in [0.15, 0.2) is 0 Å². The van der Waals surface area contributed by atoms with E-state index in [4.69, 9.17) is 5.11 Å². The molecule has 0 atom stereocenters. The zero-order chi connectivity index (χ0) is 15.7.